The van der Waals surface area contributed by atoms with E-state index in [9.17, 15) is 13.6 Å². The summed E-state index contributed by atoms with van der Waals surface area (Å²) < 4.78 is 26.3. The van der Waals surface area contributed by atoms with E-state index in [0.29, 0.717) is 5.56 Å². The number of Topliss-reactive ketones (excluding diaryl/α,β-unsaturated/α-hetero) is 1. The molecule has 0 bridgehead atoms. The molecule has 88 valence electrons. The zero-order chi connectivity index (χ0) is 12.4. The molecule has 1 aromatic heterocycles. The van der Waals surface area contributed by atoms with E-state index in [1.54, 1.807) is 11.4 Å². The monoisotopic (exact) mass is 252 g/mol. The normalized spacial score (nSPS) is 10.5. The van der Waals surface area contributed by atoms with Gasteiger partial charge in [-0.15, -0.1) is 11.3 Å². The van der Waals surface area contributed by atoms with Gasteiger partial charge in [-0.05, 0) is 24.6 Å². The first-order valence-electron chi connectivity index (χ1n) is 5.09. The van der Waals surface area contributed by atoms with Gasteiger partial charge in [-0.2, -0.15) is 0 Å². The van der Waals surface area contributed by atoms with Gasteiger partial charge in [0.25, 0.3) is 0 Å². The van der Waals surface area contributed by atoms with Crippen molar-refractivity contribution in [1.82, 2.24) is 0 Å². The summed E-state index contributed by atoms with van der Waals surface area (Å²) >= 11 is 1.46. The van der Waals surface area contributed by atoms with E-state index in [0.717, 1.165) is 10.9 Å². The predicted molar refractivity (Wildman–Crippen MR) is 63.4 cm³/mol. The number of carbonyl (C=O) groups excluding carboxylic acids is 1. The Morgan fingerprint density at radius 3 is 2.76 bits per heavy atom. The second kappa shape index (κ2) is 4.75. The van der Waals surface area contributed by atoms with E-state index < -0.39 is 11.6 Å². The van der Waals surface area contributed by atoms with Crippen LogP contribution in [0, 0.1) is 18.6 Å². The van der Waals surface area contributed by atoms with Crippen LogP contribution in [-0.4, -0.2) is 5.78 Å². The number of rotatable bonds is 3. The molecule has 0 aliphatic carbocycles. The first kappa shape index (κ1) is 11.9. The van der Waals surface area contributed by atoms with Gasteiger partial charge < -0.3 is 0 Å². The third-order valence-electron chi connectivity index (χ3n) is 2.44. The van der Waals surface area contributed by atoms with Crippen LogP contribution in [0.25, 0.3) is 0 Å². The topological polar surface area (TPSA) is 17.1 Å². The number of ketones is 1. The maximum Gasteiger partial charge on any atom is 0.168 e. The molecule has 4 heteroatoms. The second-order valence-electron chi connectivity index (χ2n) is 3.76. The van der Waals surface area contributed by atoms with E-state index in [1.165, 1.54) is 23.5 Å². The van der Waals surface area contributed by atoms with Crippen molar-refractivity contribution in [2.45, 2.75) is 13.3 Å². The van der Waals surface area contributed by atoms with Gasteiger partial charge in [0.15, 0.2) is 17.4 Å². The molecule has 1 aromatic carbocycles. The number of thiophene rings is 1. The smallest absolute Gasteiger partial charge is 0.168 e. The highest BCUT2D eigenvalue weighted by Crippen LogP contribution is 2.18. The Hall–Kier alpha value is -1.55. The van der Waals surface area contributed by atoms with Crippen LogP contribution in [0.15, 0.2) is 29.6 Å². The second-order valence-corrected chi connectivity index (χ2v) is 4.87. The van der Waals surface area contributed by atoms with Crippen LogP contribution in [0.3, 0.4) is 0 Å². The van der Waals surface area contributed by atoms with Gasteiger partial charge in [-0.1, -0.05) is 12.1 Å². The Balaban J connectivity index is 2.21. The highest BCUT2D eigenvalue weighted by Gasteiger charge is 2.13. The van der Waals surface area contributed by atoms with Crippen LogP contribution in [-0.2, 0) is 6.42 Å². The summed E-state index contributed by atoms with van der Waals surface area (Å²) in [4.78, 5) is 12.8. The maximum absolute atomic E-state index is 13.4. The van der Waals surface area contributed by atoms with Crippen molar-refractivity contribution >= 4 is 17.1 Å². The minimum absolute atomic E-state index is 0.0962. The molecule has 2 aromatic rings. The largest absolute Gasteiger partial charge is 0.294 e. The standard InChI is InChI=1S/C13H10F2OS/c1-8-5-10(7-17-8)12(16)6-9-3-2-4-11(14)13(9)15/h2-5,7H,6H2,1H3. The average molecular weight is 252 g/mol. The Bertz CT molecular complexity index is 560. The summed E-state index contributed by atoms with van der Waals surface area (Å²) in [6.07, 6.45) is -0.111. The van der Waals surface area contributed by atoms with E-state index in [4.69, 9.17) is 0 Å². The summed E-state index contributed by atoms with van der Waals surface area (Å²) in [6, 6.07) is 5.62. The van der Waals surface area contributed by atoms with Gasteiger partial charge in [0, 0.05) is 22.2 Å². The van der Waals surface area contributed by atoms with Gasteiger partial charge in [-0.25, -0.2) is 8.78 Å². The fourth-order valence-electron chi connectivity index (χ4n) is 1.55. The summed E-state index contributed by atoms with van der Waals surface area (Å²) in [6.45, 7) is 1.89. The Kier molecular flexibility index (Phi) is 3.33. The maximum atomic E-state index is 13.4. The van der Waals surface area contributed by atoms with Gasteiger partial charge in [0.05, 0.1) is 0 Å². The van der Waals surface area contributed by atoms with Crippen LogP contribution >= 0.6 is 11.3 Å². The third kappa shape index (κ3) is 2.58. The van der Waals surface area contributed by atoms with Crippen molar-refractivity contribution in [3.05, 3.63) is 57.3 Å². The lowest BCUT2D eigenvalue weighted by Crippen LogP contribution is -2.05. The molecule has 0 saturated carbocycles. The van der Waals surface area contributed by atoms with Gasteiger partial charge in [-0.3, -0.25) is 4.79 Å². The highest BCUT2D eigenvalue weighted by atomic mass is 32.1. The number of carbonyl (C=O) groups is 1. The van der Waals surface area contributed by atoms with E-state index >= 15 is 0 Å². The molecular weight excluding hydrogens is 242 g/mol. The molecule has 0 unspecified atom stereocenters. The molecule has 0 aliphatic rings. The SMILES string of the molecule is Cc1cc(C(=O)Cc2cccc(F)c2F)cs1. The summed E-state index contributed by atoms with van der Waals surface area (Å²) in [5.74, 6) is -2.05. The van der Waals surface area contributed by atoms with Gasteiger partial charge >= 0.3 is 0 Å². The molecule has 0 fully saturated rings. The Labute approximate surface area is 102 Å². The van der Waals surface area contributed by atoms with Crippen LogP contribution in [0.5, 0.6) is 0 Å². The van der Waals surface area contributed by atoms with E-state index in [-0.39, 0.29) is 17.8 Å². The quantitative estimate of drug-likeness (QED) is 0.760. The summed E-state index contributed by atoms with van der Waals surface area (Å²) in [5.41, 5.74) is 0.648. The van der Waals surface area contributed by atoms with Crippen molar-refractivity contribution in [3.63, 3.8) is 0 Å². The lowest BCUT2D eigenvalue weighted by Gasteiger charge is -2.02. The van der Waals surface area contributed by atoms with Crippen LogP contribution in [0.1, 0.15) is 20.8 Å². The van der Waals surface area contributed by atoms with Crippen molar-refractivity contribution < 1.29 is 13.6 Å². The fourth-order valence-corrected chi connectivity index (χ4v) is 2.26. The molecule has 0 atom stereocenters. The van der Waals surface area contributed by atoms with Crippen molar-refractivity contribution in [2.75, 3.05) is 0 Å². The molecule has 0 amide bonds. The summed E-state index contributed by atoms with van der Waals surface area (Å²) in [5, 5.41) is 1.73. The number of halogens is 2. The molecule has 0 saturated heterocycles. The molecule has 1 nitrogen and oxygen atoms in total. The lowest BCUT2D eigenvalue weighted by atomic mass is 10.0. The van der Waals surface area contributed by atoms with Crippen molar-refractivity contribution in [1.29, 1.82) is 0 Å². The molecule has 0 radical (unpaired) electrons. The molecule has 0 spiro atoms. The zero-order valence-electron chi connectivity index (χ0n) is 9.17. The number of hydrogen-bond donors (Lipinski definition) is 0. The van der Waals surface area contributed by atoms with Crippen LogP contribution < -0.4 is 0 Å². The van der Waals surface area contributed by atoms with Crippen molar-refractivity contribution in [3.8, 4) is 0 Å². The molecule has 0 N–H and O–H groups in total. The van der Waals surface area contributed by atoms with Crippen LogP contribution in [0.2, 0.25) is 0 Å². The van der Waals surface area contributed by atoms with E-state index in [1.807, 2.05) is 6.92 Å². The molecule has 17 heavy (non-hydrogen) atoms. The molecular formula is C13H10F2OS. The third-order valence-corrected chi connectivity index (χ3v) is 3.30. The van der Waals surface area contributed by atoms with E-state index in [2.05, 4.69) is 0 Å². The predicted octanol–water partition coefficient (Wildman–Crippen LogP) is 3.76. The number of hydrogen-bond acceptors (Lipinski definition) is 2. The number of benzene rings is 1. The minimum atomic E-state index is -0.937. The molecule has 2 rings (SSSR count). The number of aryl methyl sites for hydroxylation is 1. The molecule has 0 aliphatic heterocycles. The molecule has 1 heterocycles. The van der Waals surface area contributed by atoms with Gasteiger partial charge in [0.2, 0.25) is 0 Å². The summed E-state index contributed by atoms with van der Waals surface area (Å²) in [7, 11) is 0. The van der Waals surface area contributed by atoms with Crippen LogP contribution in [0.4, 0.5) is 8.78 Å². The lowest BCUT2D eigenvalue weighted by molar-refractivity contribution is 0.0992. The average Bonchev–Trinajstić information content (AvgIpc) is 2.72. The fraction of sp³-hybridized carbons (Fsp3) is 0.154. The van der Waals surface area contributed by atoms with Gasteiger partial charge in [0.1, 0.15) is 0 Å². The Morgan fingerprint density at radius 2 is 2.12 bits per heavy atom. The minimum Gasteiger partial charge on any atom is -0.294 e. The highest BCUT2D eigenvalue weighted by molar-refractivity contribution is 7.10. The first-order chi connectivity index (χ1) is 8.08. The first-order valence-corrected chi connectivity index (χ1v) is 5.97. The zero-order valence-corrected chi connectivity index (χ0v) is 9.98. The van der Waals surface area contributed by atoms with Crippen molar-refractivity contribution in [2.24, 2.45) is 0 Å². The Morgan fingerprint density at radius 1 is 1.35 bits per heavy atom.